The number of carbonyl (C=O) groups is 2. The highest BCUT2D eigenvalue weighted by Gasteiger charge is 2.29. The van der Waals surface area contributed by atoms with Crippen molar-refractivity contribution in [1.82, 2.24) is 15.5 Å². The van der Waals surface area contributed by atoms with Crippen molar-refractivity contribution < 1.29 is 14.7 Å². The highest BCUT2D eigenvalue weighted by atomic mass is 16.4. The molecule has 6 heteroatoms. The monoisotopic (exact) mass is 239 g/mol. The van der Waals surface area contributed by atoms with Crippen LogP contribution in [0, 0.1) is 12.3 Å². The number of aromatic amines is 1. The van der Waals surface area contributed by atoms with Gasteiger partial charge in [0.15, 0.2) is 0 Å². The zero-order valence-electron chi connectivity index (χ0n) is 10.2. The normalized spacial score (nSPS) is 11.2. The Morgan fingerprint density at radius 2 is 2.18 bits per heavy atom. The van der Waals surface area contributed by atoms with Gasteiger partial charge < -0.3 is 10.4 Å². The largest absolute Gasteiger partial charge is 0.481 e. The van der Waals surface area contributed by atoms with Gasteiger partial charge in [0.05, 0.1) is 11.6 Å². The molecule has 0 aromatic carbocycles. The minimum Gasteiger partial charge on any atom is -0.481 e. The minimum absolute atomic E-state index is 0.0424. The van der Waals surface area contributed by atoms with Gasteiger partial charge in [-0.15, -0.1) is 0 Å². The molecule has 0 saturated heterocycles. The van der Waals surface area contributed by atoms with E-state index in [0.717, 1.165) is 11.3 Å². The van der Waals surface area contributed by atoms with Crippen molar-refractivity contribution in [2.45, 2.75) is 33.7 Å². The highest BCUT2D eigenvalue weighted by Crippen LogP contribution is 2.20. The van der Waals surface area contributed by atoms with Gasteiger partial charge in [0.2, 0.25) is 5.91 Å². The van der Waals surface area contributed by atoms with Crippen LogP contribution in [-0.4, -0.2) is 27.2 Å². The number of rotatable bonds is 5. The lowest BCUT2D eigenvalue weighted by Crippen LogP contribution is -2.33. The third-order valence-electron chi connectivity index (χ3n) is 2.59. The SMILES string of the molecule is Cc1[nH]ncc1CNC(=O)CC(C)(C)C(=O)O. The number of carbonyl (C=O) groups excluding carboxylic acids is 1. The first-order chi connectivity index (χ1) is 7.83. The molecule has 1 aromatic rings. The number of H-pyrrole nitrogens is 1. The van der Waals surface area contributed by atoms with Crippen LogP contribution in [0.3, 0.4) is 0 Å². The van der Waals surface area contributed by atoms with Gasteiger partial charge in [-0.05, 0) is 20.8 Å². The van der Waals surface area contributed by atoms with E-state index in [0.29, 0.717) is 6.54 Å². The molecule has 0 atom stereocenters. The second kappa shape index (κ2) is 4.99. The fourth-order valence-corrected chi connectivity index (χ4v) is 1.29. The summed E-state index contributed by atoms with van der Waals surface area (Å²) >= 11 is 0. The van der Waals surface area contributed by atoms with E-state index in [9.17, 15) is 9.59 Å². The zero-order chi connectivity index (χ0) is 13.1. The van der Waals surface area contributed by atoms with Crippen LogP contribution in [0.2, 0.25) is 0 Å². The van der Waals surface area contributed by atoms with Crippen molar-refractivity contribution >= 4 is 11.9 Å². The van der Waals surface area contributed by atoms with Gasteiger partial charge in [-0.1, -0.05) is 0 Å². The second-order valence-corrected chi connectivity index (χ2v) is 4.66. The van der Waals surface area contributed by atoms with E-state index in [2.05, 4.69) is 15.5 Å². The van der Waals surface area contributed by atoms with Gasteiger partial charge in [-0.25, -0.2) is 0 Å². The molecule has 1 amide bonds. The second-order valence-electron chi connectivity index (χ2n) is 4.66. The van der Waals surface area contributed by atoms with Gasteiger partial charge in [0.25, 0.3) is 0 Å². The van der Waals surface area contributed by atoms with Crippen LogP contribution in [0.25, 0.3) is 0 Å². The summed E-state index contributed by atoms with van der Waals surface area (Å²) in [4.78, 5) is 22.4. The molecule has 17 heavy (non-hydrogen) atoms. The molecule has 1 rings (SSSR count). The summed E-state index contributed by atoms with van der Waals surface area (Å²) in [6.07, 6.45) is 1.59. The lowest BCUT2D eigenvalue weighted by atomic mass is 9.89. The number of aliphatic carboxylic acids is 1. The predicted molar refractivity (Wildman–Crippen MR) is 61.2 cm³/mol. The number of carboxylic acid groups (broad SMARTS) is 1. The standard InChI is InChI=1S/C11H17N3O3/c1-7-8(6-13-14-7)5-12-9(15)4-11(2,3)10(16)17/h6H,4-5H2,1-3H3,(H,12,15)(H,13,14)(H,16,17). The summed E-state index contributed by atoms with van der Waals surface area (Å²) < 4.78 is 0. The summed E-state index contributed by atoms with van der Waals surface area (Å²) in [7, 11) is 0. The Kier molecular flexibility index (Phi) is 3.88. The van der Waals surface area contributed by atoms with E-state index in [1.807, 2.05) is 6.92 Å². The van der Waals surface area contributed by atoms with E-state index in [1.165, 1.54) is 13.8 Å². The maximum Gasteiger partial charge on any atom is 0.309 e. The third kappa shape index (κ3) is 3.58. The van der Waals surface area contributed by atoms with Gasteiger partial charge in [-0.2, -0.15) is 5.10 Å². The number of aromatic nitrogens is 2. The van der Waals surface area contributed by atoms with Crippen molar-refractivity contribution in [1.29, 1.82) is 0 Å². The number of carboxylic acids is 1. The maximum absolute atomic E-state index is 11.6. The van der Waals surface area contributed by atoms with E-state index < -0.39 is 11.4 Å². The topological polar surface area (TPSA) is 95.1 Å². The molecule has 3 N–H and O–H groups in total. The molecule has 0 aliphatic heterocycles. The van der Waals surface area contributed by atoms with Crippen molar-refractivity contribution in [2.75, 3.05) is 0 Å². The quantitative estimate of drug-likeness (QED) is 0.709. The Morgan fingerprint density at radius 1 is 1.53 bits per heavy atom. The van der Waals surface area contributed by atoms with Gasteiger partial charge >= 0.3 is 5.97 Å². The van der Waals surface area contributed by atoms with Crippen LogP contribution >= 0.6 is 0 Å². The summed E-state index contributed by atoms with van der Waals surface area (Å²) in [5.74, 6) is -1.26. The smallest absolute Gasteiger partial charge is 0.309 e. The Labute approximate surface area is 99.4 Å². The minimum atomic E-state index is -1.05. The first-order valence-electron chi connectivity index (χ1n) is 5.32. The fraction of sp³-hybridized carbons (Fsp3) is 0.545. The number of hydrogen-bond donors (Lipinski definition) is 3. The third-order valence-corrected chi connectivity index (χ3v) is 2.59. The molecule has 0 aliphatic carbocycles. The van der Waals surface area contributed by atoms with Gasteiger partial charge in [0.1, 0.15) is 0 Å². The highest BCUT2D eigenvalue weighted by molar-refractivity contribution is 5.84. The average molecular weight is 239 g/mol. The Morgan fingerprint density at radius 3 is 2.65 bits per heavy atom. The average Bonchev–Trinajstić information content (AvgIpc) is 2.60. The number of nitrogens with zero attached hydrogens (tertiary/aromatic N) is 1. The molecule has 94 valence electrons. The summed E-state index contributed by atoms with van der Waals surface area (Å²) in [5.41, 5.74) is 0.740. The Bertz CT molecular complexity index is 423. The first-order valence-corrected chi connectivity index (χ1v) is 5.32. The molecule has 6 nitrogen and oxygen atoms in total. The molecule has 0 fully saturated rings. The van der Waals surface area contributed by atoms with Crippen molar-refractivity contribution in [3.63, 3.8) is 0 Å². The van der Waals surface area contributed by atoms with Gasteiger partial charge in [0, 0.05) is 24.2 Å². The van der Waals surface area contributed by atoms with Crippen LogP contribution in [0.5, 0.6) is 0 Å². The van der Waals surface area contributed by atoms with Crippen LogP contribution in [-0.2, 0) is 16.1 Å². The van der Waals surface area contributed by atoms with E-state index in [-0.39, 0.29) is 12.3 Å². The van der Waals surface area contributed by atoms with E-state index in [1.54, 1.807) is 6.20 Å². The number of hydrogen-bond acceptors (Lipinski definition) is 3. The molecule has 0 unspecified atom stereocenters. The van der Waals surface area contributed by atoms with Crippen molar-refractivity contribution in [3.05, 3.63) is 17.5 Å². The molecule has 1 aromatic heterocycles. The van der Waals surface area contributed by atoms with Crippen LogP contribution in [0.4, 0.5) is 0 Å². The molecular weight excluding hydrogens is 222 g/mol. The maximum atomic E-state index is 11.6. The lowest BCUT2D eigenvalue weighted by molar-refractivity contribution is -0.149. The van der Waals surface area contributed by atoms with Gasteiger partial charge in [-0.3, -0.25) is 14.7 Å². The van der Waals surface area contributed by atoms with E-state index in [4.69, 9.17) is 5.11 Å². The zero-order valence-corrected chi connectivity index (χ0v) is 10.2. The Balaban J connectivity index is 2.46. The summed E-state index contributed by atoms with van der Waals surface area (Å²) in [6.45, 7) is 5.27. The fourth-order valence-electron chi connectivity index (χ4n) is 1.29. The summed E-state index contributed by atoms with van der Waals surface area (Å²) in [6, 6.07) is 0. The molecular formula is C11H17N3O3. The molecule has 0 aliphatic rings. The predicted octanol–water partition coefficient (Wildman–Crippen LogP) is 0.835. The number of nitrogens with one attached hydrogen (secondary N) is 2. The number of amides is 1. The Hall–Kier alpha value is -1.85. The molecule has 0 spiro atoms. The molecule has 1 heterocycles. The molecule has 0 bridgehead atoms. The van der Waals surface area contributed by atoms with Crippen LogP contribution in [0.1, 0.15) is 31.5 Å². The lowest BCUT2D eigenvalue weighted by Gasteiger charge is -2.18. The van der Waals surface area contributed by atoms with E-state index >= 15 is 0 Å². The van der Waals surface area contributed by atoms with Crippen molar-refractivity contribution in [3.8, 4) is 0 Å². The first kappa shape index (κ1) is 13.2. The molecule has 0 saturated carbocycles. The number of aryl methyl sites for hydroxylation is 1. The summed E-state index contributed by atoms with van der Waals surface area (Å²) in [5, 5.41) is 18.2. The van der Waals surface area contributed by atoms with Crippen LogP contribution in [0.15, 0.2) is 6.20 Å². The van der Waals surface area contributed by atoms with Crippen LogP contribution < -0.4 is 5.32 Å². The van der Waals surface area contributed by atoms with Crippen molar-refractivity contribution in [2.24, 2.45) is 5.41 Å². The molecule has 0 radical (unpaired) electrons.